The number of methoxy groups -OCH3 is 2. The van der Waals surface area contributed by atoms with Gasteiger partial charge in [0, 0.05) is 6.07 Å². The van der Waals surface area contributed by atoms with Gasteiger partial charge in [0.15, 0.2) is 11.5 Å². The smallest absolute Gasteiger partial charge is 0.345 e. The Morgan fingerprint density at radius 3 is 2.32 bits per heavy atom. The minimum absolute atomic E-state index is 0.156. The molecule has 0 aromatic heterocycles. The van der Waals surface area contributed by atoms with E-state index in [-0.39, 0.29) is 29.4 Å². The summed E-state index contributed by atoms with van der Waals surface area (Å²) in [5.74, 6) is -0.340. The Kier molecular flexibility index (Phi) is 5.11. The van der Waals surface area contributed by atoms with E-state index in [0.717, 1.165) is 6.07 Å². The van der Waals surface area contributed by atoms with Crippen molar-refractivity contribution in [2.24, 2.45) is 0 Å². The number of carbonyl (C=O) groups is 1. The number of nitro groups is 1. The number of carbonyl (C=O) groups excluding carboxylic acids is 1. The Morgan fingerprint density at radius 1 is 1.26 bits per heavy atom. The molecule has 0 aliphatic rings. The van der Waals surface area contributed by atoms with Gasteiger partial charge in [0.05, 0.1) is 31.8 Å². The normalized spacial score (nSPS) is 9.84. The highest BCUT2D eigenvalue weighted by Gasteiger charge is 2.25. The van der Waals surface area contributed by atoms with Crippen molar-refractivity contribution in [1.82, 2.24) is 0 Å². The first-order valence-electron chi connectivity index (χ1n) is 5.62. The molecule has 1 aromatic rings. The number of nitro benzene ring substituents is 1. The van der Waals surface area contributed by atoms with Crippen LogP contribution in [0.2, 0.25) is 0 Å². The zero-order chi connectivity index (χ0) is 14.4. The zero-order valence-electron chi connectivity index (χ0n) is 11.0. The predicted molar refractivity (Wildman–Crippen MR) is 66.8 cm³/mol. The SMILES string of the molecule is CCCOC(=O)c1cc(OC)c(OC)cc1[N+](=O)[O-]. The van der Waals surface area contributed by atoms with Crippen molar-refractivity contribution in [3.63, 3.8) is 0 Å². The van der Waals surface area contributed by atoms with Crippen LogP contribution in [-0.2, 0) is 4.74 Å². The Hall–Kier alpha value is -2.31. The van der Waals surface area contributed by atoms with Gasteiger partial charge in [-0.2, -0.15) is 0 Å². The number of nitrogens with zero attached hydrogens (tertiary/aromatic N) is 1. The molecule has 0 fully saturated rings. The zero-order valence-corrected chi connectivity index (χ0v) is 11.0. The van der Waals surface area contributed by atoms with Crippen molar-refractivity contribution in [1.29, 1.82) is 0 Å². The molecule has 7 nitrogen and oxygen atoms in total. The highest BCUT2D eigenvalue weighted by atomic mass is 16.6. The van der Waals surface area contributed by atoms with E-state index in [1.165, 1.54) is 20.3 Å². The van der Waals surface area contributed by atoms with Crippen molar-refractivity contribution in [2.45, 2.75) is 13.3 Å². The van der Waals surface area contributed by atoms with E-state index < -0.39 is 10.9 Å². The first-order chi connectivity index (χ1) is 9.04. The summed E-state index contributed by atoms with van der Waals surface area (Å²) in [5.41, 5.74) is -0.533. The highest BCUT2D eigenvalue weighted by molar-refractivity contribution is 5.95. The van der Waals surface area contributed by atoms with E-state index >= 15 is 0 Å². The molecule has 0 saturated heterocycles. The minimum Gasteiger partial charge on any atom is -0.493 e. The van der Waals surface area contributed by atoms with E-state index in [1.54, 1.807) is 0 Å². The fraction of sp³-hybridized carbons (Fsp3) is 0.417. The van der Waals surface area contributed by atoms with E-state index in [0.29, 0.717) is 6.42 Å². The molecule has 0 aliphatic heterocycles. The topological polar surface area (TPSA) is 87.9 Å². The second-order valence-electron chi connectivity index (χ2n) is 3.62. The van der Waals surface area contributed by atoms with Crippen LogP contribution in [0.4, 0.5) is 5.69 Å². The largest absolute Gasteiger partial charge is 0.493 e. The predicted octanol–water partition coefficient (Wildman–Crippen LogP) is 2.18. The summed E-state index contributed by atoms with van der Waals surface area (Å²) in [6, 6.07) is 2.39. The fourth-order valence-electron chi connectivity index (χ4n) is 1.46. The van der Waals surface area contributed by atoms with Gasteiger partial charge in [-0.25, -0.2) is 4.79 Å². The first-order valence-corrected chi connectivity index (χ1v) is 5.62. The van der Waals surface area contributed by atoms with Crippen molar-refractivity contribution < 1.29 is 23.9 Å². The van der Waals surface area contributed by atoms with Crippen LogP contribution in [0.5, 0.6) is 11.5 Å². The van der Waals surface area contributed by atoms with Crippen LogP contribution in [0.1, 0.15) is 23.7 Å². The van der Waals surface area contributed by atoms with Crippen LogP contribution in [0, 0.1) is 10.1 Å². The molecule has 1 rings (SSSR count). The third-order valence-corrected chi connectivity index (χ3v) is 2.36. The third-order valence-electron chi connectivity index (χ3n) is 2.36. The maximum atomic E-state index is 11.8. The summed E-state index contributed by atoms with van der Waals surface area (Å²) in [6.45, 7) is 2.03. The average Bonchev–Trinajstić information content (AvgIpc) is 2.42. The fourth-order valence-corrected chi connectivity index (χ4v) is 1.46. The summed E-state index contributed by atoms with van der Waals surface area (Å²) in [6.07, 6.45) is 0.632. The number of hydrogen-bond acceptors (Lipinski definition) is 6. The van der Waals surface area contributed by atoms with Gasteiger partial charge >= 0.3 is 5.97 Å². The minimum atomic E-state index is -0.755. The number of ether oxygens (including phenoxy) is 3. The molecule has 0 saturated carbocycles. The molecule has 1 aromatic carbocycles. The Bertz CT molecular complexity index is 485. The molecular formula is C12H15NO6. The van der Waals surface area contributed by atoms with Gasteiger partial charge in [0.1, 0.15) is 5.56 Å². The highest BCUT2D eigenvalue weighted by Crippen LogP contribution is 2.34. The van der Waals surface area contributed by atoms with Gasteiger partial charge in [-0.05, 0) is 6.42 Å². The van der Waals surface area contributed by atoms with Gasteiger partial charge in [-0.3, -0.25) is 10.1 Å². The van der Waals surface area contributed by atoms with Crippen molar-refractivity contribution in [3.8, 4) is 11.5 Å². The molecule has 0 heterocycles. The van der Waals surface area contributed by atoms with Crippen LogP contribution in [0.25, 0.3) is 0 Å². The van der Waals surface area contributed by atoms with E-state index in [2.05, 4.69) is 0 Å². The number of esters is 1. The lowest BCUT2D eigenvalue weighted by molar-refractivity contribution is -0.385. The quantitative estimate of drug-likeness (QED) is 0.447. The third kappa shape index (κ3) is 3.34. The summed E-state index contributed by atoms with van der Waals surface area (Å²) >= 11 is 0. The van der Waals surface area contributed by atoms with Crippen LogP contribution in [0.15, 0.2) is 12.1 Å². The van der Waals surface area contributed by atoms with Crippen LogP contribution in [0.3, 0.4) is 0 Å². The molecule has 0 bridgehead atoms. The lowest BCUT2D eigenvalue weighted by atomic mass is 10.1. The molecular weight excluding hydrogens is 254 g/mol. The van der Waals surface area contributed by atoms with Gasteiger partial charge in [-0.15, -0.1) is 0 Å². The molecule has 7 heteroatoms. The second kappa shape index (κ2) is 6.58. The maximum Gasteiger partial charge on any atom is 0.345 e. The molecule has 0 radical (unpaired) electrons. The number of rotatable bonds is 6. The molecule has 0 aliphatic carbocycles. The van der Waals surface area contributed by atoms with Crippen LogP contribution < -0.4 is 9.47 Å². The molecule has 0 unspecified atom stereocenters. The van der Waals surface area contributed by atoms with E-state index in [4.69, 9.17) is 14.2 Å². The Labute approximate surface area is 110 Å². The van der Waals surface area contributed by atoms with Gasteiger partial charge in [0.25, 0.3) is 5.69 Å². The summed E-state index contributed by atoms with van der Waals surface area (Å²) < 4.78 is 14.9. The molecule has 0 N–H and O–H groups in total. The molecule has 0 amide bonds. The van der Waals surface area contributed by atoms with Crippen LogP contribution in [-0.4, -0.2) is 31.7 Å². The molecule has 0 atom stereocenters. The first kappa shape index (κ1) is 14.7. The van der Waals surface area contributed by atoms with Crippen molar-refractivity contribution in [3.05, 3.63) is 27.8 Å². The molecule has 19 heavy (non-hydrogen) atoms. The van der Waals surface area contributed by atoms with E-state index in [9.17, 15) is 14.9 Å². The lowest BCUT2D eigenvalue weighted by Gasteiger charge is -2.10. The van der Waals surface area contributed by atoms with Crippen molar-refractivity contribution in [2.75, 3.05) is 20.8 Å². The Morgan fingerprint density at radius 2 is 1.84 bits per heavy atom. The van der Waals surface area contributed by atoms with Gasteiger partial charge in [0.2, 0.25) is 0 Å². The van der Waals surface area contributed by atoms with E-state index in [1.807, 2.05) is 6.92 Å². The molecule has 104 valence electrons. The average molecular weight is 269 g/mol. The van der Waals surface area contributed by atoms with Gasteiger partial charge < -0.3 is 14.2 Å². The standard InChI is InChI=1S/C12H15NO6/c1-4-5-19-12(14)8-6-10(17-2)11(18-3)7-9(8)13(15)16/h6-7H,4-5H2,1-3H3. The Balaban J connectivity index is 3.27. The second-order valence-corrected chi connectivity index (χ2v) is 3.62. The van der Waals surface area contributed by atoms with Gasteiger partial charge in [-0.1, -0.05) is 6.92 Å². The summed E-state index contributed by atoms with van der Waals surface area (Å²) in [7, 11) is 2.74. The number of benzene rings is 1. The molecule has 0 spiro atoms. The monoisotopic (exact) mass is 269 g/mol. The maximum absolute atomic E-state index is 11.8. The summed E-state index contributed by atoms with van der Waals surface area (Å²) in [4.78, 5) is 22.1. The van der Waals surface area contributed by atoms with Crippen LogP contribution >= 0.6 is 0 Å². The lowest BCUT2D eigenvalue weighted by Crippen LogP contribution is -2.09. The van der Waals surface area contributed by atoms with Crippen molar-refractivity contribution >= 4 is 11.7 Å². The summed E-state index contributed by atoms with van der Waals surface area (Å²) in [5, 5.41) is 11.0. The number of hydrogen-bond donors (Lipinski definition) is 0.